The number of rotatable bonds is 1. The van der Waals surface area contributed by atoms with Crippen LogP contribution in [0.4, 0.5) is 11.5 Å². The molecule has 5 rings (SSSR count). The predicted molar refractivity (Wildman–Crippen MR) is 92.1 cm³/mol. The standard InChI is InChI=1S/C18H17N5O/c24-17-18(13-4-1-2-5-14(13)22-17)7-3-9-23(10-18)16-12-6-8-19-15(12)20-11-21-16/h1-2,4-6,8,11H,3,7,9-10H2,(H,22,24)(H,19,20,21). The highest BCUT2D eigenvalue weighted by Gasteiger charge is 2.49. The minimum Gasteiger partial charge on any atom is -0.355 e. The van der Waals surface area contributed by atoms with Crippen molar-refractivity contribution in [1.82, 2.24) is 15.0 Å². The molecule has 1 atom stereocenters. The Hall–Kier alpha value is -2.89. The summed E-state index contributed by atoms with van der Waals surface area (Å²) in [5.41, 5.74) is 2.40. The van der Waals surface area contributed by atoms with Gasteiger partial charge in [0.25, 0.3) is 0 Å². The van der Waals surface area contributed by atoms with Crippen LogP contribution in [-0.2, 0) is 10.2 Å². The van der Waals surface area contributed by atoms with Gasteiger partial charge in [-0.2, -0.15) is 0 Å². The summed E-state index contributed by atoms with van der Waals surface area (Å²) in [5, 5.41) is 4.06. The number of nitrogens with one attached hydrogen (secondary N) is 2. The third-order valence-electron chi connectivity index (χ3n) is 5.25. The Morgan fingerprint density at radius 2 is 2.08 bits per heavy atom. The summed E-state index contributed by atoms with van der Waals surface area (Å²) in [4.78, 5) is 26.9. The fraction of sp³-hybridized carbons (Fsp3) is 0.278. The average molecular weight is 319 g/mol. The van der Waals surface area contributed by atoms with Crippen LogP contribution < -0.4 is 10.2 Å². The van der Waals surface area contributed by atoms with Crippen LogP contribution in [0.2, 0.25) is 0 Å². The lowest BCUT2D eigenvalue weighted by molar-refractivity contribution is -0.121. The summed E-state index contributed by atoms with van der Waals surface area (Å²) in [5.74, 6) is 1.00. The molecule has 1 spiro atoms. The highest BCUT2D eigenvalue weighted by Crippen LogP contribution is 2.44. The number of para-hydroxylation sites is 1. The van der Waals surface area contributed by atoms with Crippen LogP contribution >= 0.6 is 0 Å². The zero-order valence-corrected chi connectivity index (χ0v) is 13.1. The van der Waals surface area contributed by atoms with Gasteiger partial charge >= 0.3 is 0 Å². The summed E-state index contributed by atoms with van der Waals surface area (Å²) >= 11 is 0. The monoisotopic (exact) mass is 319 g/mol. The van der Waals surface area contributed by atoms with Crippen molar-refractivity contribution in [2.24, 2.45) is 0 Å². The number of nitrogens with zero attached hydrogens (tertiary/aromatic N) is 3. The number of carbonyl (C=O) groups is 1. The van der Waals surface area contributed by atoms with Crippen molar-refractivity contribution in [3.63, 3.8) is 0 Å². The first kappa shape index (κ1) is 13.5. The number of anilines is 2. The average Bonchev–Trinajstić information content (AvgIpc) is 3.19. The lowest BCUT2D eigenvalue weighted by Gasteiger charge is -2.39. The maximum Gasteiger partial charge on any atom is 0.236 e. The van der Waals surface area contributed by atoms with Gasteiger partial charge in [0, 0.05) is 25.0 Å². The van der Waals surface area contributed by atoms with Crippen LogP contribution in [-0.4, -0.2) is 33.9 Å². The normalized spacial score (nSPS) is 22.8. The number of aromatic amines is 1. The second-order valence-electron chi connectivity index (χ2n) is 6.54. The summed E-state index contributed by atoms with van der Waals surface area (Å²) in [6, 6.07) is 10.0. The lowest BCUT2D eigenvalue weighted by Crippen LogP contribution is -2.50. The molecule has 4 heterocycles. The summed E-state index contributed by atoms with van der Waals surface area (Å²) in [6.45, 7) is 1.54. The summed E-state index contributed by atoms with van der Waals surface area (Å²) < 4.78 is 0. The van der Waals surface area contributed by atoms with Crippen molar-refractivity contribution in [3.8, 4) is 0 Å². The van der Waals surface area contributed by atoms with Crippen molar-refractivity contribution in [3.05, 3.63) is 48.4 Å². The molecule has 1 amide bonds. The molecule has 0 bridgehead atoms. The van der Waals surface area contributed by atoms with Gasteiger partial charge in [0.15, 0.2) is 0 Å². The van der Waals surface area contributed by atoms with Gasteiger partial charge in [-0.25, -0.2) is 9.97 Å². The molecule has 6 nitrogen and oxygen atoms in total. The van der Waals surface area contributed by atoms with E-state index in [1.54, 1.807) is 6.33 Å². The number of carbonyl (C=O) groups excluding carboxylic acids is 1. The van der Waals surface area contributed by atoms with E-state index < -0.39 is 5.41 Å². The quantitative estimate of drug-likeness (QED) is 0.722. The second kappa shape index (κ2) is 4.80. The fourth-order valence-corrected chi connectivity index (χ4v) is 4.13. The number of benzene rings is 1. The van der Waals surface area contributed by atoms with Gasteiger partial charge in [0.05, 0.1) is 10.8 Å². The van der Waals surface area contributed by atoms with Crippen LogP contribution in [0.3, 0.4) is 0 Å². The molecule has 2 aliphatic heterocycles. The summed E-state index contributed by atoms with van der Waals surface area (Å²) in [7, 11) is 0. The molecule has 0 radical (unpaired) electrons. The van der Waals surface area contributed by atoms with Crippen LogP contribution in [0, 0.1) is 0 Å². The lowest BCUT2D eigenvalue weighted by atomic mass is 9.75. The molecule has 1 saturated heterocycles. The molecule has 1 aromatic carbocycles. The molecule has 6 heteroatoms. The van der Waals surface area contributed by atoms with E-state index in [0.717, 1.165) is 47.5 Å². The van der Waals surface area contributed by atoms with Gasteiger partial charge in [-0.05, 0) is 30.5 Å². The Morgan fingerprint density at radius 3 is 3.04 bits per heavy atom. The number of piperidine rings is 1. The minimum absolute atomic E-state index is 0.104. The van der Waals surface area contributed by atoms with Gasteiger partial charge in [-0.3, -0.25) is 4.79 Å². The SMILES string of the molecule is O=C1Nc2ccccc2C12CCCN(c1ncnc3[nH]ccc13)C2. The number of aromatic nitrogens is 3. The van der Waals surface area contributed by atoms with Gasteiger partial charge < -0.3 is 15.2 Å². The van der Waals surface area contributed by atoms with Crippen molar-refractivity contribution < 1.29 is 4.79 Å². The van der Waals surface area contributed by atoms with Gasteiger partial charge in [0.2, 0.25) is 5.91 Å². The van der Waals surface area contributed by atoms with E-state index >= 15 is 0 Å². The van der Waals surface area contributed by atoms with Crippen molar-refractivity contribution in [1.29, 1.82) is 0 Å². The van der Waals surface area contributed by atoms with Gasteiger partial charge in [0.1, 0.15) is 17.8 Å². The number of fused-ring (bicyclic) bond motifs is 3. The van der Waals surface area contributed by atoms with E-state index in [1.807, 2.05) is 30.5 Å². The molecule has 2 N–H and O–H groups in total. The van der Waals surface area contributed by atoms with Crippen LogP contribution in [0.5, 0.6) is 0 Å². The van der Waals surface area contributed by atoms with E-state index in [1.165, 1.54) is 0 Å². The molecule has 3 aromatic rings. The smallest absolute Gasteiger partial charge is 0.236 e. The molecule has 0 saturated carbocycles. The molecule has 2 aromatic heterocycles. The Bertz CT molecular complexity index is 949. The zero-order chi connectivity index (χ0) is 16.1. The molecule has 1 fully saturated rings. The van der Waals surface area contributed by atoms with Gasteiger partial charge in [-0.1, -0.05) is 18.2 Å². The molecule has 0 aliphatic carbocycles. The van der Waals surface area contributed by atoms with Crippen molar-refractivity contribution >= 4 is 28.4 Å². The maximum atomic E-state index is 12.8. The Labute approximate surface area is 138 Å². The fourth-order valence-electron chi connectivity index (χ4n) is 4.13. The molecule has 120 valence electrons. The van der Waals surface area contributed by atoms with E-state index in [2.05, 4.69) is 31.2 Å². The van der Waals surface area contributed by atoms with E-state index in [-0.39, 0.29) is 5.91 Å². The number of hydrogen-bond donors (Lipinski definition) is 2. The van der Waals surface area contributed by atoms with Crippen LogP contribution in [0.25, 0.3) is 11.0 Å². The van der Waals surface area contributed by atoms with Crippen LogP contribution in [0.1, 0.15) is 18.4 Å². The van der Waals surface area contributed by atoms with E-state index in [0.29, 0.717) is 6.54 Å². The first-order valence-electron chi connectivity index (χ1n) is 8.22. The minimum atomic E-state index is -0.484. The molecular formula is C18H17N5O. The highest BCUT2D eigenvalue weighted by atomic mass is 16.2. The zero-order valence-electron chi connectivity index (χ0n) is 13.1. The van der Waals surface area contributed by atoms with Crippen LogP contribution in [0.15, 0.2) is 42.9 Å². The number of H-pyrrole nitrogens is 1. The first-order valence-corrected chi connectivity index (χ1v) is 8.22. The Morgan fingerprint density at radius 1 is 1.17 bits per heavy atom. The topological polar surface area (TPSA) is 73.9 Å². The van der Waals surface area contributed by atoms with Crippen molar-refractivity contribution in [2.45, 2.75) is 18.3 Å². The Kier molecular flexibility index (Phi) is 2.71. The predicted octanol–water partition coefficient (Wildman–Crippen LogP) is 2.45. The number of amides is 1. The molecule has 24 heavy (non-hydrogen) atoms. The van der Waals surface area contributed by atoms with Crippen molar-refractivity contribution in [2.75, 3.05) is 23.3 Å². The largest absolute Gasteiger partial charge is 0.355 e. The Balaban J connectivity index is 1.60. The van der Waals surface area contributed by atoms with Gasteiger partial charge in [-0.15, -0.1) is 0 Å². The maximum absolute atomic E-state index is 12.8. The third-order valence-corrected chi connectivity index (χ3v) is 5.25. The highest BCUT2D eigenvalue weighted by molar-refractivity contribution is 6.07. The molecular weight excluding hydrogens is 302 g/mol. The molecule has 2 aliphatic rings. The van der Waals surface area contributed by atoms with E-state index in [4.69, 9.17) is 0 Å². The first-order chi connectivity index (χ1) is 11.8. The summed E-state index contributed by atoms with van der Waals surface area (Å²) in [6.07, 6.45) is 5.28. The molecule has 1 unspecified atom stereocenters. The third kappa shape index (κ3) is 1.73. The van der Waals surface area contributed by atoms with E-state index in [9.17, 15) is 4.79 Å². The number of hydrogen-bond acceptors (Lipinski definition) is 4. The second-order valence-corrected chi connectivity index (χ2v) is 6.54.